The Labute approximate surface area is 119 Å². The van der Waals surface area contributed by atoms with Gasteiger partial charge < -0.3 is 5.32 Å². The quantitative estimate of drug-likeness (QED) is 0.876. The van der Waals surface area contributed by atoms with Gasteiger partial charge in [-0.1, -0.05) is 13.8 Å². The van der Waals surface area contributed by atoms with Crippen LogP contribution in [0, 0.1) is 13.8 Å². The van der Waals surface area contributed by atoms with Crippen molar-refractivity contribution in [1.82, 2.24) is 15.3 Å². The lowest BCUT2D eigenvalue weighted by atomic mass is 10.0. The largest absolute Gasteiger partial charge is 0.314 e. The standard InChI is InChI=1S/C15H23N3S/c1-5-7-16-12(6-2)8-13-14-10(3)11(4)19-15(14)18-9-17-13/h9,12,16H,5-8H2,1-4H3. The van der Waals surface area contributed by atoms with Gasteiger partial charge in [0.25, 0.3) is 0 Å². The highest BCUT2D eigenvalue weighted by molar-refractivity contribution is 7.18. The Morgan fingerprint density at radius 3 is 2.74 bits per heavy atom. The Balaban J connectivity index is 2.29. The number of nitrogens with zero attached hydrogens (tertiary/aromatic N) is 2. The number of hydrogen-bond donors (Lipinski definition) is 1. The van der Waals surface area contributed by atoms with Gasteiger partial charge in [0.1, 0.15) is 11.2 Å². The van der Waals surface area contributed by atoms with Crippen molar-refractivity contribution in [2.45, 2.75) is 53.0 Å². The van der Waals surface area contributed by atoms with Crippen molar-refractivity contribution >= 4 is 21.6 Å². The zero-order valence-electron chi connectivity index (χ0n) is 12.3. The topological polar surface area (TPSA) is 37.8 Å². The first-order valence-corrected chi connectivity index (χ1v) is 7.91. The highest BCUT2D eigenvalue weighted by Crippen LogP contribution is 2.30. The van der Waals surface area contributed by atoms with E-state index in [4.69, 9.17) is 0 Å². The zero-order chi connectivity index (χ0) is 13.8. The fraction of sp³-hybridized carbons (Fsp3) is 0.600. The molecule has 104 valence electrons. The van der Waals surface area contributed by atoms with E-state index in [-0.39, 0.29) is 0 Å². The molecule has 1 unspecified atom stereocenters. The molecule has 0 aliphatic carbocycles. The summed E-state index contributed by atoms with van der Waals surface area (Å²) in [7, 11) is 0. The lowest BCUT2D eigenvalue weighted by molar-refractivity contribution is 0.492. The molecule has 0 fully saturated rings. The molecule has 19 heavy (non-hydrogen) atoms. The van der Waals surface area contributed by atoms with Crippen molar-refractivity contribution in [2.75, 3.05) is 6.54 Å². The number of aryl methyl sites for hydroxylation is 2. The van der Waals surface area contributed by atoms with Crippen LogP contribution in [0.4, 0.5) is 0 Å². The second kappa shape index (κ2) is 6.44. The van der Waals surface area contributed by atoms with E-state index >= 15 is 0 Å². The van der Waals surface area contributed by atoms with E-state index in [9.17, 15) is 0 Å². The molecule has 0 saturated heterocycles. The summed E-state index contributed by atoms with van der Waals surface area (Å²) < 4.78 is 0. The maximum absolute atomic E-state index is 4.53. The average molecular weight is 277 g/mol. The number of nitrogens with one attached hydrogen (secondary N) is 1. The molecular formula is C15H23N3S. The molecule has 0 amide bonds. The van der Waals surface area contributed by atoms with Gasteiger partial charge in [-0.05, 0) is 38.8 Å². The Morgan fingerprint density at radius 1 is 1.26 bits per heavy atom. The van der Waals surface area contributed by atoms with Crippen molar-refractivity contribution in [3.8, 4) is 0 Å². The summed E-state index contributed by atoms with van der Waals surface area (Å²) in [6.45, 7) is 9.86. The zero-order valence-corrected chi connectivity index (χ0v) is 13.1. The van der Waals surface area contributed by atoms with Crippen molar-refractivity contribution in [1.29, 1.82) is 0 Å². The van der Waals surface area contributed by atoms with E-state index in [1.54, 1.807) is 17.7 Å². The van der Waals surface area contributed by atoms with Crippen LogP contribution in [0.2, 0.25) is 0 Å². The van der Waals surface area contributed by atoms with Crippen LogP contribution < -0.4 is 5.32 Å². The molecular weight excluding hydrogens is 254 g/mol. The van der Waals surface area contributed by atoms with Crippen LogP contribution in [0.5, 0.6) is 0 Å². The number of aromatic nitrogens is 2. The molecule has 4 heteroatoms. The van der Waals surface area contributed by atoms with E-state index in [1.807, 2.05) is 0 Å². The number of thiophene rings is 1. The summed E-state index contributed by atoms with van der Waals surface area (Å²) in [4.78, 5) is 11.4. The van der Waals surface area contributed by atoms with E-state index in [0.717, 1.165) is 24.2 Å². The minimum Gasteiger partial charge on any atom is -0.314 e. The first-order valence-electron chi connectivity index (χ1n) is 7.10. The van der Waals surface area contributed by atoms with Gasteiger partial charge in [-0.25, -0.2) is 9.97 Å². The second-order valence-corrected chi connectivity index (χ2v) is 6.25. The Hall–Kier alpha value is -1.00. The third kappa shape index (κ3) is 3.12. The minimum absolute atomic E-state index is 0.512. The van der Waals surface area contributed by atoms with E-state index < -0.39 is 0 Å². The molecule has 0 bridgehead atoms. The minimum atomic E-state index is 0.512. The molecule has 2 aromatic rings. The summed E-state index contributed by atoms with van der Waals surface area (Å²) in [5.41, 5.74) is 2.54. The molecule has 2 rings (SSSR count). The predicted molar refractivity (Wildman–Crippen MR) is 83.0 cm³/mol. The summed E-state index contributed by atoms with van der Waals surface area (Å²) in [5, 5.41) is 4.88. The normalized spacial score (nSPS) is 13.1. The first-order chi connectivity index (χ1) is 9.17. The van der Waals surface area contributed by atoms with Crippen LogP contribution in [0.15, 0.2) is 6.33 Å². The van der Waals surface area contributed by atoms with E-state index in [1.165, 1.54) is 27.9 Å². The monoisotopic (exact) mass is 277 g/mol. The highest BCUT2D eigenvalue weighted by Gasteiger charge is 2.15. The van der Waals surface area contributed by atoms with Gasteiger partial charge in [-0.3, -0.25) is 0 Å². The average Bonchev–Trinajstić information content (AvgIpc) is 2.71. The molecule has 0 aromatic carbocycles. The molecule has 0 saturated carbocycles. The molecule has 0 aliphatic heterocycles. The van der Waals surface area contributed by atoms with E-state index in [0.29, 0.717) is 6.04 Å². The highest BCUT2D eigenvalue weighted by atomic mass is 32.1. The molecule has 3 nitrogen and oxygen atoms in total. The lowest BCUT2D eigenvalue weighted by Gasteiger charge is -2.16. The molecule has 2 aromatic heterocycles. The summed E-state index contributed by atoms with van der Waals surface area (Å²) >= 11 is 1.77. The SMILES string of the molecule is CCCNC(CC)Cc1ncnc2sc(C)c(C)c12. The van der Waals surface area contributed by atoms with Crippen LogP contribution >= 0.6 is 11.3 Å². The number of hydrogen-bond acceptors (Lipinski definition) is 4. The molecule has 1 N–H and O–H groups in total. The Morgan fingerprint density at radius 2 is 2.05 bits per heavy atom. The number of fused-ring (bicyclic) bond motifs is 1. The Bertz CT molecular complexity index is 548. The van der Waals surface area contributed by atoms with Crippen molar-refractivity contribution in [3.05, 3.63) is 22.5 Å². The molecule has 2 heterocycles. The van der Waals surface area contributed by atoms with Crippen molar-refractivity contribution < 1.29 is 0 Å². The van der Waals surface area contributed by atoms with Gasteiger partial charge in [0.2, 0.25) is 0 Å². The van der Waals surface area contributed by atoms with Gasteiger partial charge in [-0.15, -0.1) is 11.3 Å². The third-order valence-electron chi connectivity index (χ3n) is 3.66. The van der Waals surface area contributed by atoms with E-state index in [2.05, 4.69) is 43.0 Å². The first kappa shape index (κ1) is 14.4. The maximum atomic E-state index is 4.53. The van der Waals surface area contributed by atoms with Crippen LogP contribution in [-0.2, 0) is 6.42 Å². The summed E-state index contributed by atoms with van der Waals surface area (Å²) in [5.74, 6) is 0. The fourth-order valence-electron chi connectivity index (χ4n) is 2.35. The van der Waals surface area contributed by atoms with Crippen molar-refractivity contribution in [3.63, 3.8) is 0 Å². The van der Waals surface area contributed by atoms with Gasteiger partial charge in [0.05, 0.1) is 5.69 Å². The van der Waals surface area contributed by atoms with Gasteiger partial charge in [0, 0.05) is 22.7 Å². The third-order valence-corrected chi connectivity index (χ3v) is 4.77. The molecule has 0 aliphatic rings. The summed E-state index contributed by atoms with van der Waals surface area (Å²) in [6, 6.07) is 0.512. The molecule has 1 atom stereocenters. The van der Waals surface area contributed by atoms with Crippen LogP contribution in [-0.4, -0.2) is 22.6 Å². The smallest absolute Gasteiger partial charge is 0.127 e. The van der Waals surface area contributed by atoms with Crippen LogP contribution in [0.1, 0.15) is 42.8 Å². The van der Waals surface area contributed by atoms with Crippen LogP contribution in [0.3, 0.4) is 0 Å². The molecule has 0 radical (unpaired) electrons. The maximum Gasteiger partial charge on any atom is 0.127 e. The number of rotatable bonds is 6. The van der Waals surface area contributed by atoms with Gasteiger partial charge in [0.15, 0.2) is 0 Å². The predicted octanol–water partition coefficient (Wildman–Crippen LogP) is 3.63. The molecule has 0 spiro atoms. The Kier molecular flexibility index (Phi) is 4.88. The lowest BCUT2D eigenvalue weighted by Crippen LogP contribution is -2.31. The summed E-state index contributed by atoms with van der Waals surface area (Å²) in [6.07, 6.45) is 5.01. The fourth-order valence-corrected chi connectivity index (χ4v) is 3.37. The van der Waals surface area contributed by atoms with Crippen molar-refractivity contribution in [2.24, 2.45) is 0 Å². The second-order valence-electron chi connectivity index (χ2n) is 5.05. The van der Waals surface area contributed by atoms with Gasteiger partial charge in [-0.2, -0.15) is 0 Å². The van der Waals surface area contributed by atoms with Crippen LogP contribution in [0.25, 0.3) is 10.2 Å². The van der Waals surface area contributed by atoms with Gasteiger partial charge >= 0.3 is 0 Å².